The van der Waals surface area contributed by atoms with Gasteiger partial charge in [0.2, 0.25) is 0 Å². The lowest BCUT2D eigenvalue weighted by atomic mass is 10.1. The molecule has 2 aromatic carbocycles. The Kier molecular flexibility index (Phi) is 7.70. The number of fused-ring (bicyclic) bond motifs is 1. The SMILES string of the molecule is COc1cc2ncnc(Nc3cccc(Cl)c3F)c2cc1OC1CCN(S(=S)(=S)N(C)C)CC1. The molecule has 0 radical (unpaired) electrons. The fourth-order valence-electron chi connectivity index (χ4n) is 3.73. The standard InChI is InChI=1S/C22H25ClFN5O2S3/c1-28(2)34(32,33)29-9-7-14(8-10-29)31-20-11-15-18(12-19(20)30-3)25-13-26-22(15)27-17-6-4-5-16(23)21(17)24/h4-6,11-14H,7-10H2,1-3H3,(H,25,26,27). The average Bonchev–Trinajstić information content (AvgIpc) is 2.82. The van der Waals surface area contributed by atoms with Crippen LogP contribution in [0.15, 0.2) is 36.7 Å². The summed E-state index contributed by atoms with van der Waals surface area (Å²) in [6.45, 7) is 1.54. The van der Waals surface area contributed by atoms with Gasteiger partial charge in [-0.3, -0.25) is 0 Å². The number of rotatable bonds is 7. The number of ether oxygens (including phenoxy) is 2. The zero-order valence-corrected chi connectivity index (χ0v) is 22.2. The molecule has 7 nitrogen and oxygen atoms in total. The molecule has 1 N–H and O–H groups in total. The van der Waals surface area contributed by atoms with E-state index in [1.807, 2.05) is 24.5 Å². The molecule has 1 saturated heterocycles. The number of nitrogens with one attached hydrogen (secondary N) is 1. The molecule has 1 aromatic heterocycles. The number of anilines is 2. The van der Waals surface area contributed by atoms with Crippen molar-refractivity contribution in [3.8, 4) is 11.5 Å². The predicted octanol–water partition coefficient (Wildman–Crippen LogP) is 4.49. The molecular weight excluding hydrogens is 517 g/mol. The molecule has 0 saturated carbocycles. The van der Waals surface area contributed by atoms with Gasteiger partial charge in [0.15, 0.2) is 17.3 Å². The summed E-state index contributed by atoms with van der Waals surface area (Å²) in [7, 11) is 3.66. The van der Waals surface area contributed by atoms with Gasteiger partial charge in [0.1, 0.15) is 18.2 Å². The second kappa shape index (κ2) is 10.4. The van der Waals surface area contributed by atoms with Crippen molar-refractivity contribution in [2.45, 2.75) is 18.9 Å². The van der Waals surface area contributed by atoms with Crippen LogP contribution in [0.5, 0.6) is 11.5 Å². The third-order valence-corrected chi connectivity index (χ3v) is 10.9. The van der Waals surface area contributed by atoms with Gasteiger partial charge < -0.3 is 14.8 Å². The van der Waals surface area contributed by atoms with Crippen LogP contribution in [0.1, 0.15) is 12.8 Å². The second-order valence-electron chi connectivity index (χ2n) is 7.98. The van der Waals surface area contributed by atoms with Crippen LogP contribution in [-0.4, -0.2) is 59.0 Å². The number of benzene rings is 2. The molecule has 3 aromatic rings. The molecule has 0 aliphatic carbocycles. The zero-order valence-electron chi connectivity index (χ0n) is 19.0. The molecule has 1 fully saturated rings. The predicted molar refractivity (Wildman–Crippen MR) is 142 cm³/mol. The average molecular weight is 542 g/mol. The van der Waals surface area contributed by atoms with Gasteiger partial charge in [-0.15, -0.1) is 0 Å². The Balaban J connectivity index is 1.60. The van der Waals surface area contributed by atoms with Crippen molar-refractivity contribution >= 4 is 63.9 Å². The van der Waals surface area contributed by atoms with Gasteiger partial charge in [-0.1, -0.05) is 17.7 Å². The van der Waals surface area contributed by atoms with E-state index in [0.717, 1.165) is 25.9 Å². The second-order valence-corrected chi connectivity index (χ2v) is 13.9. The molecule has 12 heteroatoms. The first kappa shape index (κ1) is 25.2. The van der Waals surface area contributed by atoms with Crippen LogP contribution in [0.25, 0.3) is 10.9 Å². The maximum Gasteiger partial charge on any atom is 0.165 e. The van der Waals surface area contributed by atoms with Crippen molar-refractivity contribution in [1.82, 2.24) is 18.6 Å². The normalized spacial score (nSPS) is 15.6. The van der Waals surface area contributed by atoms with Gasteiger partial charge in [0.25, 0.3) is 0 Å². The third-order valence-electron chi connectivity index (χ3n) is 5.61. The molecule has 1 aliphatic heterocycles. The van der Waals surface area contributed by atoms with E-state index in [0.29, 0.717) is 28.2 Å². The first-order chi connectivity index (χ1) is 16.2. The van der Waals surface area contributed by atoms with E-state index in [1.54, 1.807) is 25.3 Å². The highest BCUT2D eigenvalue weighted by molar-refractivity contribution is 8.54. The van der Waals surface area contributed by atoms with Gasteiger partial charge in [0, 0.05) is 32.1 Å². The molecule has 0 atom stereocenters. The van der Waals surface area contributed by atoms with Crippen molar-refractivity contribution in [3.63, 3.8) is 0 Å². The summed E-state index contributed by atoms with van der Waals surface area (Å²) in [5, 5.41) is 3.71. The topological polar surface area (TPSA) is 62.8 Å². The number of hydrogen-bond donors (Lipinski definition) is 1. The summed E-state index contributed by atoms with van der Waals surface area (Å²) in [5.74, 6) is 1.02. The Morgan fingerprint density at radius 2 is 1.91 bits per heavy atom. The van der Waals surface area contributed by atoms with Crippen LogP contribution in [-0.2, 0) is 29.9 Å². The van der Waals surface area contributed by atoms with Crippen LogP contribution in [0.4, 0.5) is 15.9 Å². The lowest BCUT2D eigenvalue weighted by Crippen LogP contribution is -2.45. The molecule has 34 heavy (non-hydrogen) atoms. The molecule has 0 unspecified atom stereocenters. The van der Waals surface area contributed by atoms with Crippen LogP contribution >= 0.6 is 11.6 Å². The third kappa shape index (κ3) is 5.19. The lowest BCUT2D eigenvalue weighted by Gasteiger charge is -2.37. The maximum atomic E-state index is 14.5. The Hall–Kier alpha value is -1.89. The van der Waals surface area contributed by atoms with E-state index in [4.69, 9.17) is 43.5 Å². The molecule has 0 bridgehead atoms. The Morgan fingerprint density at radius 1 is 1.18 bits per heavy atom. The molecule has 182 valence electrons. The van der Waals surface area contributed by atoms with Crippen molar-refractivity contribution in [2.24, 2.45) is 0 Å². The number of nitrogens with zero attached hydrogens (tertiary/aromatic N) is 4. The first-order valence-electron chi connectivity index (χ1n) is 10.6. The van der Waals surface area contributed by atoms with E-state index in [9.17, 15) is 4.39 Å². The maximum absolute atomic E-state index is 14.5. The number of methoxy groups -OCH3 is 1. The molecule has 2 heterocycles. The van der Waals surface area contributed by atoms with Crippen molar-refractivity contribution in [3.05, 3.63) is 47.5 Å². The molecule has 0 spiro atoms. The first-order valence-corrected chi connectivity index (χ1v) is 14.4. The van der Waals surface area contributed by atoms with E-state index in [1.165, 1.54) is 12.4 Å². The minimum absolute atomic E-state index is 0.0172. The Labute approximate surface area is 213 Å². The van der Waals surface area contributed by atoms with E-state index in [-0.39, 0.29) is 16.8 Å². The van der Waals surface area contributed by atoms with Gasteiger partial charge in [-0.25, -0.2) is 23.0 Å². The van der Waals surface area contributed by atoms with Crippen molar-refractivity contribution < 1.29 is 13.9 Å². The van der Waals surface area contributed by atoms with Crippen LogP contribution in [0.2, 0.25) is 5.02 Å². The Morgan fingerprint density at radius 3 is 2.59 bits per heavy atom. The Bertz CT molecular complexity index is 1300. The van der Waals surface area contributed by atoms with Crippen LogP contribution in [0.3, 0.4) is 0 Å². The fourth-order valence-corrected chi connectivity index (χ4v) is 5.94. The number of aromatic nitrogens is 2. The highest BCUT2D eigenvalue weighted by Gasteiger charge is 2.26. The van der Waals surface area contributed by atoms with E-state index >= 15 is 0 Å². The van der Waals surface area contributed by atoms with Gasteiger partial charge in [-0.05, 0) is 67.5 Å². The zero-order chi connectivity index (χ0) is 24.5. The molecule has 0 amide bonds. The molecule has 1 aliphatic rings. The lowest BCUT2D eigenvalue weighted by molar-refractivity contribution is 0.133. The van der Waals surface area contributed by atoms with Gasteiger partial charge >= 0.3 is 0 Å². The van der Waals surface area contributed by atoms with Gasteiger partial charge in [-0.2, -0.15) is 0 Å². The fraction of sp³-hybridized carbons (Fsp3) is 0.364. The number of hydrogen-bond acceptors (Lipinski definition) is 7. The summed E-state index contributed by atoms with van der Waals surface area (Å²) < 4.78 is 30.5. The van der Waals surface area contributed by atoms with Gasteiger partial charge in [0.05, 0.1) is 23.3 Å². The quantitative estimate of drug-likeness (QED) is 0.466. The largest absolute Gasteiger partial charge is 0.493 e. The summed E-state index contributed by atoms with van der Waals surface area (Å²) in [6, 6.07) is 8.36. The summed E-state index contributed by atoms with van der Waals surface area (Å²) >= 11 is 17.3. The number of piperidine rings is 1. The summed E-state index contributed by atoms with van der Waals surface area (Å²) in [6.07, 6.45) is 2.98. The number of halogens is 2. The van der Waals surface area contributed by atoms with Crippen LogP contribution < -0.4 is 14.8 Å². The van der Waals surface area contributed by atoms with E-state index < -0.39 is 13.3 Å². The summed E-state index contributed by atoms with van der Waals surface area (Å²) in [5.41, 5.74) is 0.855. The van der Waals surface area contributed by atoms with Crippen molar-refractivity contribution in [2.75, 3.05) is 39.6 Å². The molecular formula is C22H25ClFN5O2S3. The minimum Gasteiger partial charge on any atom is -0.493 e. The highest BCUT2D eigenvalue weighted by Crippen LogP contribution is 2.37. The van der Waals surface area contributed by atoms with Crippen LogP contribution in [0, 0.1) is 5.82 Å². The smallest absolute Gasteiger partial charge is 0.165 e. The summed E-state index contributed by atoms with van der Waals surface area (Å²) in [4.78, 5) is 8.65. The van der Waals surface area contributed by atoms with Crippen molar-refractivity contribution in [1.29, 1.82) is 0 Å². The monoisotopic (exact) mass is 541 g/mol. The van der Waals surface area contributed by atoms with E-state index in [2.05, 4.69) is 19.6 Å². The minimum atomic E-state index is -1.79. The molecule has 4 rings (SSSR count). The highest BCUT2D eigenvalue weighted by atomic mass is 35.5.